The molecule has 3 N–H and O–H groups in total. The van der Waals surface area contributed by atoms with E-state index in [-0.39, 0.29) is 16.4 Å². The monoisotopic (exact) mass is 487 g/mol. The number of hydrogen-bond donors (Lipinski definition) is 2. The first kappa shape index (κ1) is 27.0. The summed E-state index contributed by atoms with van der Waals surface area (Å²) in [6.07, 6.45) is 14.4. The zero-order chi connectivity index (χ0) is 25.5. The summed E-state index contributed by atoms with van der Waals surface area (Å²) >= 11 is 0. The molecule has 8 unspecified atom stereocenters. The molecule has 4 rings (SSSR count). The third-order valence-electron chi connectivity index (χ3n) is 11.0. The topological polar surface area (TPSA) is 67.5 Å². The number of fused-ring (bicyclic) bond motifs is 3. The van der Waals surface area contributed by atoms with Crippen LogP contribution in [0.2, 0.25) is 0 Å². The normalized spacial score (nSPS) is 47.1. The van der Waals surface area contributed by atoms with Gasteiger partial charge in [-0.15, -0.1) is 0 Å². The molecule has 1 aliphatic heterocycles. The fraction of sp³-hybridized carbons (Fsp3) is 0.867. The van der Waals surface area contributed by atoms with Gasteiger partial charge in [-0.05, 0) is 107 Å². The zero-order valence-electron chi connectivity index (χ0n) is 23.0. The van der Waals surface area contributed by atoms with Crippen LogP contribution in [0.3, 0.4) is 0 Å². The molecule has 0 aromatic heterocycles. The summed E-state index contributed by atoms with van der Waals surface area (Å²) in [6, 6.07) is 0.295. The Morgan fingerprint density at radius 1 is 1.20 bits per heavy atom. The Bertz CT molecular complexity index is 853. The molecular formula is C30H50FN3O. The van der Waals surface area contributed by atoms with E-state index in [1.165, 1.54) is 30.5 Å². The van der Waals surface area contributed by atoms with E-state index >= 15 is 0 Å². The highest BCUT2D eigenvalue weighted by molar-refractivity contribution is 5.85. The van der Waals surface area contributed by atoms with Crippen LogP contribution < -0.4 is 11.1 Å². The highest BCUT2D eigenvalue weighted by atomic mass is 19.1. The Morgan fingerprint density at radius 2 is 1.97 bits per heavy atom. The average molecular weight is 488 g/mol. The highest BCUT2D eigenvalue weighted by Gasteiger charge is 2.64. The Morgan fingerprint density at radius 3 is 2.63 bits per heavy atom. The van der Waals surface area contributed by atoms with E-state index in [1.54, 1.807) is 6.92 Å². The Balaban J connectivity index is 1.45. The number of rotatable bonds is 8. The molecular weight excluding hydrogens is 437 g/mol. The van der Waals surface area contributed by atoms with Crippen LogP contribution in [0.5, 0.6) is 0 Å². The molecule has 35 heavy (non-hydrogen) atoms. The third kappa shape index (κ3) is 4.81. The van der Waals surface area contributed by atoms with Crippen molar-refractivity contribution in [2.24, 2.45) is 39.3 Å². The molecule has 0 spiro atoms. The number of hydrogen-bond acceptors (Lipinski definition) is 4. The minimum absolute atomic E-state index is 0.0369. The van der Waals surface area contributed by atoms with Gasteiger partial charge in [0.15, 0.2) is 0 Å². The molecule has 198 valence electrons. The molecule has 8 atom stereocenters. The first-order chi connectivity index (χ1) is 16.5. The number of nitrogens with two attached hydrogens (primary N) is 1. The van der Waals surface area contributed by atoms with E-state index in [0.717, 1.165) is 57.8 Å². The molecule has 0 aromatic rings. The summed E-state index contributed by atoms with van der Waals surface area (Å²) in [5, 5.41) is 3.33. The minimum atomic E-state index is -1.05. The van der Waals surface area contributed by atoms with Crippen molar-refractivity contribution in [1.82, 2.24) is 5.32 Å². The standard InChI is InChI=1S/C30H50FN3O/c1-6-14-28(4)22(13-18-35)11-16-30(32)25-10-9-24(29(25,5)15-12-26(28)30)21(2)33-17-7-8-23-19-27(3,31)20-34-23/h13,18,23-26,34H,6-12,14-17,19-20,32H2,1-5H3/b22-13-,33-21?. The predicted octanol–water partition coefficient (Wildman–Crippen LogP) is 6.18. The van der Waals surface area contributed by atoms with E-state index in [0.29, 0.717) is 36.8 Å². The fourth-order valence-corrected chi connectivity index (χ4v) is 9.37. The van der Waals surface area contributed by atoms with E-state index in [4.69, 9.17) is 10.7 Å². The van der Waals surface area contributed by atoms with Gasteiger partial charge in [0.1, 0.15) is 12.0 Å². The number of carbonyl (C=O) groups excluding carboxylic acids is 1. The molecule has 5 heteroatoms. The van der Waals surface area contributed by atoms with Gasteiger partial charge in [-0.3, -0.25) is 9.79 Å². The summed E-state index contributed by atoms with van der Waals surface area (Å²) in [4.78, 5) is 16.5. The number of aliphatic imine (C=N–C) groups is 1. The first-order valence-electron chi connectivity index (χ1n) is 14.4. The van der Waals surface area contributed by atoms with Gasteiger partial charge in [0.25, 0.3) is 0 Å². The zero-order valence-corrected chi connectivity index (χ0v) is 23.0. The second-order valence-corrected chi connectivity index (χ2v) is 13.2. The molecule has 4 fully saturated rings. The van der Waals surface area contributed by atoms with Gasteiger partial charge in [0, 0.05) is 36.3 Å². The molecule has 1 heterocycles. The van der Waals surface area contributed by atoms with Crippen molar-refractivity contribution in [3.05, 3.63) is 11.6 Å². The quantitative estimate of drug-likeness (QED) is 0.186. The third-order valence-corrected chi connectivity index (χ3v) is 11.0. The SMILES string of the molecule is CCCC1(C)/C(=C\C=O)CCC2(N)C1CCC1(C)C(C(C)=NCCCC3CC(C)(F)CN3)CCC12. The predicted molar refractivity (Wildman–Crippen MR) is 143 cm³/mol. The smallest absolute Gasteiger partial charge is 0.142 e. The first-order valence-corrected chi connectivity index (χ1v) is 14.4. The van der Waals surface area contributed by atoms with Crippen LogP contribution in [-0.4, -0.2) is 42.3 Å². The van der Waals surface area contributed by atoms with Gasteiger partial charge < -0.3 is 11.1 Å². The summed E-state index contributed by atoms with van der Waals surface area (Å²) in [5.74, 6) is 1.48. The second-order valence-electron chi connectivity index (χ2n) is 13.2. The summed E-state index contributed by atoms with van der Waals surface area (Å²) in [6.45, 7) is 12.4. The average Bonchev–Trinajstić information content (AvgIpc) is 3.33. The number of halogens is 1. The summed E-state index contributed by atoms with van der Waals surface area (Å²) in [7, 11) is 0. The van der Waals surface area contributed by atoms with Crippen molar-refractivity contribution < 1.29 is 9.18 Å². The van der Waals surface area contributed by atoms with E-state index in [9.17, 15) is 9.18 Å². The second kappa shape index (κ2) is 10.0. The molecule has 4 aliphatic rings. The number of carbonyl (C=O) groups is 1. The molecule has 3 aliphatic carbocycles. The Hall–Kier alpha value is -1.07. The van der Waals surface area contributed by atoms with Crippen LogP contribution in [0.1, 0.15) is 105 Å². The lowest BCUT2D eigenvalue weighted by Gasteiger charge is -2.62. The van der Waals surface area contributed by atoms with Crippen molar-refractivity contribution in [1.29, 1.82) is 0 Å². The van der Waals surface area contributed by atoms with Crippen LogP contribution in [-0.2, 0) is 4.79 Å². The van der Waals surface area contributed by atoms with Crippen molar-refractivity contribution in [3.63, 3.8) is 0 Å². The highest BCUT2D eigenvalue weighted by Crippen LogP contribution is 2.67. The minimum Gasteiger partial charge on any atom is -0.325 e. The largest absolute Gasteiger partial charge is 0.325 e. The van der Waals surface area contributed by atoms with Crippen LogP contribution >= 0.6 is 0 Å². The lowest BCUT2D eigenvalue weighted by atomic mass is 9.44. The molecule has 0 amide bonds. The lowest BCUT2D eigenvalue weighted by Crippen LogP contribution is -2.66. The fourth-order valence-electron chi connectivity index (χ4n) is 9.37. The molecule has 4 nitrogen and oxygen atoms in total. The maximum Gasteiger partial charge on any atom is 0.142 e. The van der Waals surface area contributed by atoms with Gasteiger partial charge in [-0.25, -0.2) is 4.39 Å². The van der Waals surface area contributed by atoms with Crippen molar-refractivity contribution in [3.8, 4) is 0 Å². The molecule has 0 bridgehead atoms. The molecule has 1 saturated heterocycles. The van der Waals surface area contributed by atoms with Gasteiger partial charge >= 0.3 is 0 Å². The molecule has 3 saturated carbocycles. The summed E-state index contributed by atoms with van der Waals surface area (Å²) in [5.41, 5.74) is 9.16. The van der Waals surface area contributed by atoms with Crippen molar-refractivity contribution in [2.75, 3.05) is 13.1 Å². The van der Waals surface area contributed by atoms with Crippen LogP contribution in [0.4, 0.5) is 4.39 Å². The van der Waals surface area contributed by atoms with Gasteiger partial charge in [-0.2, -0.15) is 0 Å². The van der Waals surface area contributed by atoms with Crippen LogP contribution in [0.15, 0.2) is 16.6 Å². The van der Waals surface area contributed by atoms with E-state index < -0.39 is 5.67 Å². The molecule has 0 radical (unpaired) electrons. The number of alkyl halides is 1. The van der Waals surface area contributed by atoms with E-state index in [1.807, 2.05) is 6.08 Å². The number of nitrogens with zero attached hydrogens (tertiary/aromatic N) is 1. The molecule has 0 aromatic carbocycles. The van der Waals surface area contributed by atoms with Gasteiger partial charge in [-0.1, -0.05) is 32.8 Å². The maximum atomic E-state index is 14.1. The summed E-state index contributed by atoms with van der Waals surface area (Å²) < 4.78 is 14.1. The Labute approximate surface area is 213 Å². The number of allylic oxidation sites excluding steroid dienone is 2. The van der Waals surface area contributed by atoms with Crippen LogP contribution in [0.25, 0.3) is 0 Å². The van der Waals surface area contributed by atoms with Gasteiger partial charge in [0.05, 0.1) is 0 Å². The number of nitrogens with one attached hydrogen (secondary N) is 1. The maximum absolute atomic E-state index is 14.1. The van der Waals surface area contributed by atoms with Gasteiger partial charge in [0.2, 0.25) is 0 Å². The van der Waals surface area contributed by atoms with Crippen LogP contribution in [0, 0.1) is 28.6 Å². The van der Waals surface area contributed by atoms with E-state index in [2.05, 4.69) is 33.0 Å². The van der Waals surface area contributed by atoms with Crippen molar-refractivity contribution in [2.45, 2.75) is 122 Å². The lowest BCUT2D eigenvalue weighted by molar-refractivity contribution is -0.104. The number of aldehydes is 1. The Kier molecular flexibility index (Phi) is 7.71. The van der Waals surface area contributed by atoms with Crippen molar-refractivity contribution >= 4 is 12.0 Å².